The second-order valence-corrected chi connectivity index (χ2v) is 5.48. The monoisotopic (exact) mass is 314 g/mol. The number of benzene rings is 1. The van der Waals surface area contributed by atoms with Crippen LogP contribution in [-0.4, -0.2) is 39.3 Å². The Morgan fingerprint density at radius 3 is 2.76 bits per heavy atom. The molecule has 0 atom stereocenters. The minimum Gasteiger partial charge on any atom is -0.492 e. The van der Waals surface area contributed by atoms with Crippen molar-refractivity contribution in [2.45, 2.75) is 13.8 Å². The minimum absolute atomic E-state index is 0.127. The third-order valence-electron chi connectivity index (χ3n) is 2.56. The first-order valence-electron chi connectivity index (χ1n) is 6.94. The van der Waals surface area contributed by atoms with E-state index in [2.05, 4.69) is 24.5 Å². The number of carbonyl (C=O) groups is 1. The molecule has 0 radical (unpaired) electrons. The summed E-state index contributed by atoms with van der Waals surface area (Å²) in [6.07, 6.45) is 0. The predicted molar refractivity (Wildman–Crippen MR) is 85.2 cm³/mol. The fourth-order valence-corrected chi connectivity index (χ4v) is 1.77. The number of hydrogen-bond donors (Lipinski definition) is 2. The van der Waals surface area contributed by atoms with Crippen LogP contribution in [0.5, 0.6) is 5.75 Å². The van der Waals surface area contributed by atoms with Gasteiger partial charge < -0.3 is 20.1 Å². The second kappa shape index (κ2) is 9.60. The number of amides is 1. The Morgan fingerprint density at radius 2 is 2.14 bits per heavy atom. The van der Waals surface area contributed by atoms with Gasteiger partial charge in [-0.05, 0) is 24.1 Å². The van der Waals surface area contributed by atoms with Crippen molar-refractivity contribution in [3.63, 3.8) is 0 Å². The van der Waals surface area contributed by atoms with Crippen molar-refractivity contribution in [3.8, 4) is 5.75 Å². The Balaban J connectivity index is 2.45. The summed E-state index contributed by atoms with van der Waals surface area (Å²) in [5.74, 6) is 0.929. The maximum Gasteiger partial charge on any atom is 0.238 e. The lowest BCUT2D eigenvalue weighted by atomic mass is 10.2. The summed E-state index contributed by atoms with van der Waals surface area (Å²) in [5.41, 5.74) is 0.649. The highest BCUT2D eigenvalue weighted by Crippen LogP contribution is 2.28. The number of methoxy groups -OCH3 is 1. The first kappa shape index (κ1) is 17.8. The Kier molecular flexibility index (Phi) is 8.12. The number of halogens is 1. The Morgan fingerprint density at radius 1 is 1.38 bits per heavy atom. The maximum atomic E-state index is 11.7. The highest BCUT2D eigenvalue weighted by atomic mass is 35.5. The molecule has 0 saturated carbocycles. The highest BCUT2D eigenvalue weighted by molar-refractivity contribution is 6.32. The molecule has 118 valence electrons. The Hall–Kier alpha value is -1.30. The lowest BCUT2D eigenvalue weighted by molar-refractivity contribution is -0.115. The molecule has 0 spiro atoms. The van der Waals surface area contributed by atoms with Gasteiger partial charge in [0, 0.05) is 19.3 Å². The van der Waals surface area contributed by atoms with E-state index in [1.165, 1.54) is 0 Å². The van der Waals surface area contributed by atoms with Crippen molar-refractivity contribution in [1.29, 1.82) is 0 Å². The lowest BCUT2D eigenvalue weighted by Crippen LogP contribution is -2.30. The number of carbonyl (C=O) groups excluding carboxylic acids is 1. The van der Waals surface area contributed by atoms with Crippen LogP contribution in [0.3, 0.4) is 0 Å². The van der Waals surface area contributed by atoms with Gasteiger partial charge in [-0.3, -0.25) is 4.79 Å². The van der Waals surface area contributed by atoms with E-state index < -0.39 is 0 Å². The average molecular weight is 315 g/mol. The van der Waals surface area contributed by atoms with E-state index in [-0.39, 0.29) is 12.5 Å². The van der Waals surface area contributed by atoms with Crippen LogP contribution in [-0.2, 0) is 9.53 Å². The quantitative estimate of drug-likeness (QED) is 0.688. The van der Waals surface area contributed by atoms with Crippen LogP contribution in [0.25, 0.3) is 0 Å². The first-order valence-corrected chi connectivity index (χ1v) is 7.32. The molecule has 1 aromatic carbocycles. The van der Waals surface area contributed by atoms with Gasteiger partial charge in [0.1, 0.15) is 5.75 Å². The second-order valence-electron chi connectivity index (χ2n) is 5.07. The van der Waals surface area contributed by atoms with Gasteiger partial charge in [0.15, 0.2) is 0 Å². The molecule has 21 heavy (non-hydrogen) atoms. The smallest absolute Gasteiger partial charge is 0.238 e. The number of hydrogen-bond acceptors (Lipinski definition) is 4. The molecule has 5 nitrogen and oxygen atoms in total. The van der Waals surface area contributed by atoms with Crippen molar-refractivity contribution in [2.75, 3.05) is 38.7 Å². The molecule has 2 N–H and O–H groups in total. The van der Waals surface area contributed by atoms with Gasteiger partial charge in [-0.15, -0.1) is 0 Å². The molecule has 0 aromatic heterocycles. The number of anilines is 1. The SMILES string of the molecule is COCCNCC(=O)Nc1ccc(OCC(C)C)c(Cl)c1. The van der Waals surface area contributed by atoms with Gasteiger partial charge in [-0.1, -0.05) is 25.4 Å². The zero-order valence-corrected chi connectivity index (χ0v) is 13.5. The van der Waals surface area contributed by atoms with Crippen LogP contribution in [0.2, 0.25) is 5.02 Å². The van der Waals surface area contributed by atoms with E-state index in [4.69, 9.17) is 21.1 Å². The van der Waals surface area contributed by atoms with E-state index in [0.29, 0.717) is 42.1 Å². The summed E-state index contributed by atoms with van der Waals surface area (Å²) in [7, 11) is 1.62. The minimum atomic E-state index is -0.127. The van der Waals surface area contributed by atoms with Gasteiger partial charge in [-0.25, -0.2) is 0 Å². The van der Waals surface area contributed by atoms with E-state index in [0.717, 1.165) is 0 Å². The van der Waals surface area contributed by atoms with Crippen LogP contribution in [0.15, 0.2) is 18.2 Å². The van der Waals surface area contributed by atoms with E-state index in [1.807, 2.05) is 0 Å². The first-order chi connectivity index (χ1) is 10.0. The van der Waals surface area contributed by atoms with Gasteiger partial charge >= 0.3 is 0 Å². The molecule has 1 rings (SSSR count). The highest BCUT2D eigenvalue weighted by Gasteiger charge is 2.07. The molecule has 0 saturated heterocycles. The summed E-state index contributed by atoms with van der Waals surface area (Å²) < 4.78 is 10.5. The van der Waals surface area contributed by atoms with Crippen LogP contribution >= 0.6 is 11.6 Å². The molecule has 0 aliphatic heterocycles. The summed E-state index contributed by atoms with van der Waals surface area (Å²) in [6, 6.07) is 5.22. The van der Waals surface area contributed by atoms with Crippen LogP contribution < -0.4 is 15.4 Å². The van der Waals surface area contributed by atoms with Gasteiger partial charge in [0.2, 0.25) is 5.91 Å². The molecular formula is C15H23ClN2O3. The van der Waals surface area contributed by atoms with Crippen molar-refractivity contribution in [3.05, 3.63) is 23.2 Å². The van der Waals surface area contributed by atoms with Crippen molar-refractivity contribution >= 4 is 23.2 Å². The van der Waals surface area contributed by atoms with E-state index >= 15 is 0 Å². The molecule has 0 aliphatic carbocycles. The van der Waals surface area contributed by atoms with Crippen LogP contribution in [0.1, 0.15) is 13.8 Å². The third-order valence-corrected chi connectivity index (χ3v) is 2.85. The molecule has 0 bridgehead atoms. The van der Waals surface area contributed by atoms with Crippen molar-refractivity contribution in [1.82, 2.24) is 5.32 Å². The fourth-order valence-electron chi connectivity index (χ4n) is 1.53. The Labute approximate surface area is 131 Å². The molecule has 6 heteroatoms. The maximum absolute atomic E-state index is 11.7. The van der Waals surface area contributed by atoms with Crippen LogP contribution in [0.4, 0.5) is 5.69 Å². The third kappa shape index (κ3) is 7.32. The summed E-state index contributed by atoms with van der Waals surface area (Å²) >= 11 is 6.13. The molecule has 1 amide bonds. The van der Waals surface area contributed by atoms with Crippen LogP contribution in [0, 0.1) is 5.92 Å². The average Bonchev–Trinajstić information content (AvgIpc) is 2.42. The summed E-state index contributed by atoms with van der Waals surface area (Å²) in [4.78, 5) is 11.7. The zero-order valence-electron chi connectivity index (χ0n) is 12.7. The fraction of sp³-hybridized carbons (Fsp3) is 0.533. The predicted octanol–water partition coefficient (Wildman–Crippen LogP) is 2.55. The number of rotatable bonds is 9. The number of ether oxygens (including phenoxy) is 2. The van der Waals surface area contributed by atoms with Crippen molar-refractivity contribution < 1.29 is 14.3 Å². The molecule has 1 aromatic rings. The standard InChI is InChI=1S/C15H23ClN2O3/c1-11(2)10-21-14-5-4-12(8-13(14)16)18-15(19)9-17-6-7-20-3/h4-5,8,11,17H,6-7,9-10H2,1-3H3,(H,18,19). The molecule has 0 aliphatic rings. The van der Waals surface area contributed by atoms with E-state index in [9.17, 15) is 4.79 Å². The molecule has 0 unspecified atom stereocenters. The van der Waals surface area contributed by atoms with Gasteiger partial charge in [0.05, 0.1) is 24.8 Å². The lowest BCUT2D eigenvalue weighted by Gasteiger charge is -2.12. The van der Waals surface area contributed by atoms with Gasteiger partial charge in [-0.2, -0.15) is 0 Å². The summed E-state index contributed by atoms with van der Waals surface area (Å²) in [5, 5.41) is 6.23. The summed E-state index contributed by atoms with van der Waals surface area (Å²) in [6.45, 7) is 6.17. The topological polar surface area (TPSA) is 59.6 Å². The molecule has 0 fully saturated rings. The normalized spacial score (nSPS) is 10.7. The molecule has 0 heterocycles. The largest absolute Gasteiger partial charge is 0.492 e. The van der Waals surface area contributed by atoms with Gasteiger partial charge in [0.25, 0.3) is 0 Å². The van der Waals surface area contributed by atoms with E-state index in [1.54, 1.807) is 25.3 Å². The van der Waals surface area contributed by atoms with Crippen molar-refractivity contribution in [2.24, 2.45) is 5.92 Å². The molecular weight excluding hydrogens is 292 g/mol. The Bertz CT molecular complexity index is 453. The number of nitrogens with one attached hydrogen (secondary N) is 2. The zero-order chi connectivity index (χ0) is 15.7.